The predicted octanol–water partition coefficient (Wildman–Crippen LogP) is 4.31. The maximum absolute atomic E-state index is 14.0. The standard InChI is InChI=1S/C42H58Br3NO17/c1-36(2,3)29(49)57-17-41(11,18-58-30(50)37(4,5)43)34(54)61-21-40(10,33(53)56-16-15-46-27(47)25-23-13-14-24(63-23)26(25)28(46)48)22-62-35(55)42(12,19-59-31(51)38(6,7)44)20-60-32(52)39(8,9)45/h13-14,23-26H,15-22H2,1-12H3/t23?,24?,25-,26?,40?,41?/m1/s1. The van der Waals surface area contributed by atoms with Gasteiger partial charge in [-0.25, -0.2) is 0 Å². The summed E-state index contributed by atoms with van der Waals surface area (Å²) in [6.45, 7) is 12.7. The molecular formula is C42H58Br3NO17. The highest BCUT2D eigenvalue weighted by Gasteiger charge is 2.60. The molecule has 3 aliphatic heterocycles. The molecule has 0 aromatic rings. The average molecular weight is 1090 g/mol. The topological polar surface area (TPSA) is 231 Å². The van der Waals surface area contributed by atoms with Crippen LogP contribution in [0.2, 0.25) is 0 Å². The highest BCUT2D eigenvalue weighted by atomic mass is 79.9. The number of carbonyl (C=O) groups is 9. The van der Waals surface area contributed by atoms with Crippen LogP contribution in [0.3, 0.4) is 0 Å². The molecule has 0 spiro atoms. The van der Waals surface area contributed by atoms with Crippen LogP contribution in [-0.2, 0) is 81.0 Å². The van der Waals surface area contributed by atoms with Gasteiger partial charge in [-0.1, -0.05) is 59.9 Å². The number of rotatable bonds is 21. The van der Waals surface area contributed by atoms with Crippen LogP contribution in [0, 0.1) is 33.5 Å². The van der Waals surface area contributed by atoms with Gasteiger partial charge in [0.25, 0.3) is 0 Å². The number of likely N-dealkylation sites (tertiary alicyclic amines) is 1. The monoisotopic (exact) mass is 1090 g/mol. The molecule has 2 amide bonds. The van der Waals surface area contributed by atoms with E-state index in [-0.39, 0.29) is 6.54 Å². The summed E-state index contributed by atoms with van der Waals surface area (Å²) in [6.07, 6.45) is 2.38. The lowest BCUT2D eigenvalue weighted by Gasteiger charge is -2.33. The molecule has 0 aromatic heterocycles. The Labute approximate surface area is 392 Å². The zero-order valence-electron chi connectivity index (χ0n) is 37.6. The van der Waals surface area contributed by atoms with Crippen molar-refractivity contribution in [3.63, 3.8) is 0 Å². The van der Waals surface area contributed by atoms with Crippen LogP contribution in [0.15, 0.2) is 12.2 Å². The first-order valence-electron chi connectivity index (χ1n) is 20.0. The molecule has 0 N–H and O–H groups in total. The second-order valence-corrected chi connectivity index (χ2v) is 25.2. The minimum atomic E-state index is -2.03. The van der Waals surface area contributed by atoms with Crippen molar-refractivity contribution >= 4 is 101 Å². The molecule has 0 saturated carbocycles. The molecule has 2 bridgehead atoms. The first-order valence-corrected chi connectivity index (χ1v) is 22.4. The van der Waals surface area contributed by atoms with Gasteiger partial charge in [-0.3, -0.25) is 48.1 Å². The molecule has 18 nitrogen and oxygen atoms in total. The van der Waals surface area contributed by atoms with E-state index in [0.717, 1.165) is 4.90 Å². The second-order valence-electron chi connectivity index (χ2n) is 19.3. The fourth-order valence-corrected chi connectivity index (χ4v) is 6.24. The van der Waals surface area contributed by atoms with Gasteiger partial charge in [0.15, 0.2) is 0 Å². The van der Waals surface area contributed by atoms with Crippen LogP contribution in [-0.4, -0.2) is 136 Å². The Bertz CT molecular complexity index is 1680. The number of carbonyl (C=O) groups excluding carboxylic acids is 9. The van der Waals surface area contributed by atoms with Crippen LogP contribution >= 0.6 is 47.8 Å². The molecule has 3 heterocycles. The lowest BCUT2D eigenvalue weighted by Crippen LogP contribution is -2.48. The number of ether oxygens (including phenoxy) is 8. The summed E-state index contributed by atoms with van der Waals surface area (Å²) in [5.41, 5.74) is -6.68. The Morgan fingerprint density at radius 3 is 1.03 bits per heavy atom. The van der Waals surface area contributed by atoms with Gasteiger partial charge in [0.2, 0.25) is 11.8 Å². The van der Waals surface area contributed by atoms with E-state index in [4.69, 9.17) is 37.9 Å². The number of fused-ring (bicyclic) bond motifs is 5. The number of hydrogen-bond acceptors (Lipinski definition) is 17. The zero-order chi connectivity index (χ0) is 48.3. The number of halogens is 3. The Morgan fingerprint density at radius 2 is 0.746 bits per heavy atom. The fourth-order valence-electron chi connectivity index (χ4n) is 5.90. The summed E-state index contributed by atoms with van der Waals surface area (Å²) in [6, 6.07) is 0. The van der Waals surface area contributed by atoms with E-state index in [1.807, 2.05) is 0 Å². The van der Waals surface area contributed by atoms with Gasteiger partial charge in [-0.05, 0) is 83.1 Å². The van der Waals surface area contributed by atoms with Crippen molar-refractivity contribution < 1.29 is 81.0 Å². The minimum Gasteiger partial charge on any atom is -0.464 e. The van der Waals surface area contributed by atoms with E-state index in [2.05, 4.69) is 47.8 Å². The molecule has 21 heteroatoms. The summed E-state index contributed by atoms with van der Waals surface area (Å²) in [5.74, 6) is -8.58. The van der Waals surface area contributed by atoms with Crippen molar-refractivity contribution in [3.05, 3.63) is 12.2 Å². The maximum Gasteiger partial charge on any atom is 0.322 e. The Morgan fingerprint density at radius 1 is 0.476 bits per heavy atom. The lowest BCUT2D eigenvalue weighted by atomic mass is 9.85. The molecule has 354 valence electrons. The summed E-state index contributed by atoms with van der Waals surface area (Å²) >= 11 is 9.60. The molecule has 63 heavy (non-hydrogen) atoms. The highest BCUT2D eigenvalue weighted by molar-refractivity contribution is 9.10. The Balaban J connectivity index is 1.90. The highest BCUT2D eigenvalue weighted by Crippen LogP contribution is 2.45. The smallest absolute Gasteiger partial charge is 0.322 e. The van der Waals surface area contributed by atoms with Crippen molar-refractivity contribution in [1.29, 1.82) is 0 Å². The Kier molecular flexibility index (Phi) is 17.1. The normalized spacial score (nSPS) is 21.7. The first kappa shape index (κ1) is 53.9. The first-order chi connectivity index (χ1) is 28.6. The molecule has 0 radical (unpaired) electrons. The third kappa shape index (κ3) is 13.6. The van der Waals surface area contributed by atoms with Crippen molar-refractivity contribution in [3.8, 4) is 0 Å². The van der Waals surface area contributed by atoms with Gasteiger partial charge in [-0.15, -0.1) is 0 Å². The minimum absolute atomic E-state index is 0.319. The van der Waals surface area contributed by atoms with E-state index in [0.29, 0.717) is 0 Å². The van der Waals surface area contributed by atoms with Crippen LogP contribution < -0.4 is 0 Å². The van der Waals surface area contributed by atoms with Gasteiger partial charge >= 0.3 is 41.8 Å². The van der Waals surface area contributed by atoms with Crippen molar-refractivity contribution in [2.75, 3.05) is 52.8 Å². The van der Waals surface area contributed by atoms with Crippen molar-refractivity contribution in [2.24, 2.45) is 33.5 Å². The van der Waals surface area contributed by atoms with Crippen LogP contribution in [0.4, 0.5) is 0 Å². The van der Waals surface area contributed by atoms with E-state index in [9.17, 15) is 43.2 Å². The van der Waals surface area contributed by atoms with E-state index >= 15 is 0 Å². The molecule has 2 fully saturated rings. The number of amides is 2. The molecule has 3 rings (SSSR count). The average Bonchev–Trinajstić information content (AvgIpc) is 3.86. The fraction of sp³-hybridized carbons (Fsp3) is 0.738. The lowest BCUT2D eigenvalue weighted by molar-refractivity contribution is -0.183. The van der Waals surface area contributed by atoms with Crippen LogP contribution in [0.25, 0.3) is 0 Å². The third-order valence-electron chi connectivity index (χ3n) is 10.2. The molecule has 3 aliphatic rings. The molecule has 6 atom stereocenters. The molecule has 2 saturated heterocycles. The number of imide groups is 1. The van der Waals surface area contributed by atoms with Crippen LogP contribution in [0.5, 0.6) is 0 Å². The molecule has 5 unspecified atom stereocenters. The summed E-state index contributed by atoms with van der Waals surface area (Å²) in [7, 11) is 0. The SMILES string of the molecule is CC(C)(C)C(=O)OCC(C)(COC(=O)C(C)(C)Br)C(=O)OCC(C)(COC(=O)C(C)(COC(=O)C(C)(C)Br)COC(=O)C(C)(C)Br)C(=O)OCCN1C(=O)C2C3C=CC(O3)[C@H]2C1=O. The van der Waals surface area contributed by atoms with Gasteiger partial charge in [0.05, 0.1) is 36.0 Å². The van der Waals surface area contributed by atoms with Gasteiger partial charge in [0, 0.05) is 0 Å². The van der Waals surface area contributed by atoms with Crippen LogP contribution in [0.1, 0.15) is 83.1 Å². The molecule has 0 aliphatic carbocycles. The third-order valence-corrected chi connectivity index (χ3v) is 11.2. The number of hydrogen-bond donors (Lipinski definition) is 0. The maximum atomic E-state index is 14.0. The number of esters is 7. The predicted molar refractivity (Wildman–Crippen MR) is 231 cm³/mol. The van der Waals surface area contributed by atoms with Crippen molar-refractivity contribution in [2.45, 2.75) is 108 Å². The van der Waals surface area contributed by atoms with E-state index < -0.39 is 159 Å². The largest absolute Gasteiger partial charge is 0.464 e. The Hall–Kier alpha value is -3.43. The summed E-state index contributed by atoms with van der Waals surface area (Å²) in [4.78, 5) is 120. The summed E-state index contributed by atoms with van der Waals surface area (Å²) < 4.78 is 40.7. The zero-order valence-corrected chi connectivity index (χ0v) is 42.4. The number of nitrogens with zero attached hydrogens (tertiary/aromatic N) is 1. The summed E-state index contributed by atoms with van der Waals surface area (Å²) in [5, 5.41) is 0. The van der Waals surface area contributed by atoms with E-state index in [1.165, 1.54) is 62.3 Å². The second kappa shape index (κ2) is 20.0. The van der Waals surface area contributed by atoms with E-state index in [1.54, 1.807) is 32.9 Å². The molecule has 0 aromatic carbocycles. The van der Waals surface area contributed by atoms with Gasteiger partial charge in [-0.2, -0.15) is 0 Å². The van der Waals surface area contributed by atoms with Crippen molar-refractivity contribution in [1.82, 2.24) is 4.90 Å². The van der Waals surface area contributed by atoms with Gasteiger partial charge < -0.3 is 37.9 Å². The van der Waals surface area contributed by atoms with Gasteiger partial charge in [0.1, 0.15) is 75.5 Å². The quantitative estimate of drug-likeness (QED) is 0.0512. The molecular weight excluding hydrogens is 1030 g/mol. The number of alkyl halides is 3.